The van der Waals surface area contributed by atoms with Gasteiger partial charge in [-0.3, -0.25) is 0 Å². The summed E-state index contributed by atoms with van der Waals surface area (Å²) in [5, 5.41) is 22.3. The van der Waals surface area contributed by atoms with Crippen LogP contribution in [0.25, 0.3) is 0 Å². The number of ether oxygens (including phenoxy) is 1. The van der Waals surface area contributed by atoms with Gasteiger partial charge in [0.1, 0.15) is 6.10 Å². The number of nitriles is 1. The minimum atomic E-state index is -0.800. The molecule has 1 fully saturated rings. The Morgan fingerprint density at radius 2 is 2.31 bits per heavy atom. The third kappa shape index (κ3) is 1.96. The van der Waals surface area contributed by atoms with Crippen molar-refractivity contribution in [2.24, 2.45) is 5.41 Å². The molecule has 0 bridgehead atoms. The van der Waals surface area contributed by atoms with Gasteiger partial charge in [-0.25, -0.2) is 4.98 Å². The van der Waals surface area contributed by atoms with Crippen molar-refractivity contribution in [2.45, 2.75) is 25.9 Å². The van der Waals surface area contributed by atoms with E-state index in [4.69, 9.17) is 4.74 Å². The van der Waals surface area contributed by atoms with E-state index in [2.05, 4.69) is 11.1 Å². The van der Waals surface area contributed by atoms with Gasteiger partial charge in [0.15, 0.2) is 0 Å². The Morgan fingerprint density at radius 3 is 2.81 bits per heavy atom. The Kier molecular flexibility index (Phi) is 3.24. The van der Waals surface area contributed by atoms with Crippen LogP contribution in [0.4, 0.5) is 0 Å². The van der Waals surface area contributed by atoms with E-state index in [1.54, 1.807) is 0 Å². The fourth-order valence-corrected chi connectivity index (χ4v) is 2.60. The number of rotatable bonds is 2. The van der Waals surface area contributed by atoms with E-state index in [0.29, 0.717) is 31.7 Å². The highest BCUT2D eigenvalue weighted by Gasteiger charge is 2.41. The van der Waals surface area contributed by atoms with Crippen LogP contribution < -0.4 is 0 Å². The molecule has 1 atom stereocenters. The Balaban J connectivity index is 2.24. The summed E-state index contributed by atoms with van der Waals surface area (Å²) in [6.07, 6.45) is 0.342. The molecular formula is C11H14N2O2S. The topological polar surface area (TPSA) is 66.1 Å². The monoisotopic (exact) mass is 238 g/mol. The lowest BCUT2D eigenvalue weighted by atomic mass is 9.75. The van der Waals surface area contributed by atoms with Gasteiger partial charge in [0.25, 0.3) is 0 Å². The smallest absolute Gasteiger partial charge is 0.116 e. The van der Waals surface area contributed by atoms with E-state index < -0.39 is 11.5 Å². The summed E-state index contributed by atoms with van der Waals surface area (Å²) in [5.74, 6) is 0. The number of aliphatic hydroxyl groups is 1. The van der Waals surface area contributed by atoms with E-state index in [1.807, 2.05) is 12.3 Å². The number of aryl methyl sites for hydroxylation is 1. The number of hydrogen-bond donors (Lipinski definition) is 1. The number of thiazole rings is 1. The summed E-state index contributed by atoms with van der Waals surface area (Å²) in [4.78, 5) is 4.26. The van der Waals surface area contributed by atoms with E-state index >= 15 is 0 Å². The van der Waals surface area contributed by atoms with Gasteiger partial charge < -0.3 is 9.84 Å². The van der Waals surface area contributed by atoms with Crippen molar-refractivity contribution in [3.05, 3.63) is 16.1 Å². The van der Waals surface area contributed by atoms with Crippen LogP contribution >= 0.6 is 11.3 Å². The van der Waals surface area contributed by atoms with Crippen LogP contribution in [0.3, 0.4) is 0 Å². The molecule has 2 heterocycles. The maximum atomic E-state index is 10.3. The molecule has 2 rings (SSSR count). The van der Waals surface area contributed by atoms with E-state index in [9.17, 15) is 10.4 Å². The second kappa shape index (κ2) is 4.50. The van der Waals surface area contributed by atoms with Gasteiger partial charge in [0, 0.05) is 18.6 Å². The Bertz CT molecular complexity index is 404. The van der Waals surface area contributed by atoms with E-state index in [1.165, 1.54) is 11.3 Å². The molecule has 5 heteroatoms. The van der Waals surface area contributed by atoms with E-state index in [-0.39, 0.29) is 0 Å². The van der Waals surface area contributed by atoms with Crippen LogP contribution in [0.15, 0.2) is 5.38 Å². The van der Waals surface area contributed by atoms with Crippen molar-refractivity contribution in [1.29, 1.82) is 5.26 Å². The Hall–Kier alpha value is -0.960. The average Bonchev–Trinajstić information content (AvgIpc) is 2.76. The highest BCUT2D eigenvalue weighted by atomic mass is 32.1. The van der Waals surface area contributed by atoms with Crippen LogP contribution in [0, 0.1) is 23.7 Å². The standard InChI is InChI=1S/C11H14N2O2S/c1-8-13-9(6-16-8)10(14)11(7-12)2-4-15-5-3-11/h6,10,14H,2-5H2,1H3. The predicted molar refractivity (Wildman–Crippen MR) is 59.9 cm³/mol. The second-order valence-corrected chi connectivity index (χ2v) is 5.14. The quantitative estimate of drug-likeness (QED) is 0.853. The number of hydrogen-bond acceptors (Lipinski definition) is 5. The lowest BCUT2D eigenvalue weighted by molar-refractivity contribution is -0.0324. The molecular weight excluding hydrogens is 224 g/mol. The molecule has 0 radical (unpaired) electrons. The van der Waals surface area contributed by atoms with Gasteiger partial charge in [-0.1, -0.05) is 0 Å². The van der Waals surface area contributed by atoms with Gasteiger partial charge in [0.05, 0.1) is 22.2 Å². The first-order valence-corrected chi connectivity index (χ1v) is 6.15. The summed E-state index contributed by atoms with van der Waals surface area (Å²) >= 11 is 1.49. The van der Waals surface area contributed by atoms with Crippen molar-refractivity contribution in [3.8, 4) is 6.07 Å². The first kappa shape index (κ1) is 11.5. The molecule has 1 aromatic heterocycles. The Morgan fingerprint density at radius 1 is 1.62 bits per heavy atom. The van der Waals surface area contributed by atoms with Gasteiger partial charge >= 0.3 is 0 Å². The molecule has 16 heavy (non-hydrogen) atoms. The highest BCUT2D eigenvalue weighted by molar-refractivity contribution is 7.09. The summed E-state index contributed by atoms with van der Waals surface area (Å²) in [6, 6.07) is 2.26. The zero-order chi connectivity index (χ0) is 11.6. The molecule has 1 N–H and O–H groups in total. The first-order valence-electron chi connectivity index (χ1n) is 5.27. The maximum Gasteiger partial charge on any atom is 0.116 e. The van der Waals surface area contributed by atoms with Gasteiger partial charge in [-0.15, -0.1) is 11.3 Å². The van der Waals surface area contributed by atoms with Gasteiger partial charge in [-0.05, 0) is 19.8 Å². The van der Waals surface area contributed by atoms with Crippen LogP contribution in [0.5, 0.6) is 0 Å². The van der Waals surface area contributed by atoms with Crippen LogP contribution in [0.2, 0.25) is 0 Å². The van der Waals surface area contributed by atoms with Gasteiger partial charge in [0.2, 0.25) is 0 Å². The molecule has 0 saturated carbocycles. The summed E-state index contributed by atoms with van der Waals surface area (Å²) in [5.41, 5.74) is -0.107. The lowest BCUT2D eigenvalue weighted by Crippen LogP contribution is -2.34. The first-order chi connectivity index (χ1) is 7.68. The highest BCUT2D eigenvalue weighted by Crippen LogP contribution is 2.41. The largest absolute Gasteiger partial charge is 0.385 e. The maximum absolute atomic E-state index is 10.3. The third-order valence-corrected chi connectivity index (χ3v) is 3.84. The molecule has 86 valence electrons. The fraction of sp³-hybridized carbons (Fsp3) is 0.636. The molecule has 1 aliphatic rings. The number of aromatic nitrogens is 1. The molecule has 1 unspecified atom stereocenters. The Labute approximate surface area is 98.5 Å². The normalized spacial score (nSPS) is 21.3. The number of nitrogens with zero attached hydrogens (tertiary/aromatic N) is 2. The third-order valence-electron chi connectivity index (χ3n) is 3.05. The fourth-order valence-electron chi connectivity index (χ4n) is 1.97. The summed E-state index contributed by atoms with van der Waals surface area (Å²) in [6.45, 7) is 2.96. The van der Waals surface area contributed by atoms with Crippen LogP contribution in [0.1, 0.15) is 29.6 Å². The van der Waals surface area contributed by atoms with Crippen molar-refractivity contribution < 1.29 is 9.84 Å². The minimum Gasteiger partial charge on any atom is -0.385 e. The summed E-state index contributed by atoms with van der Waals surface area (Å²) < 4.78 is 5.24. The second-order valence-electron chi connectivity index (χ2n) is 4.07. The zero-order valence-corrected chi connectivity index (χ0v) is 9.96. The van der Waals surface area contributed by atoms with E-state index in [0.717, 1.165) is 5.01 Å². The predicted octanol–water partition coefficient (Wildman–Crippen LogP) is 1.81. The molecule has 0 spiro atoms. The zero-order valence-electron chi connectivity index (χ0n) is 9.14. The molecule has 4 nitrogen and oxygen atoms in total. The molecule has 1 saturated heterocycles. The van der Waals surface area contributed by atoms with Crippen molar-refractivity contribution in [1.82, 2.24) is 4.98 Å². The van der Waals surface area contributed by atoms with Crippen molar-refractivity contribution in [2.75, 3.05) is 13.2 Å². The van der Waals surface area contributed by atoms with Crippen molar-refractivity contribution >= 4 is 11.3 Å². The molecule has 0 aromatic carbocycles. The van der Waals surface area contributed by atoms with Gasteiger partial charge in [-0.2, -0.15) is 5.26 Å². The SMILES string of the molecule is Cc1nc(C(O)C2(C#N)CCOCC2)cs1. The number of aliphatic hydroxyl groups excluding tert-OH is 1. The molecule has 1 aliphatic heterocycles. The average molecular weight is 238 g/mol. The lowest BCUT2D eigenvalue weighted by Gasteiger charge is -2.34. The molecule has 1 aromatic rings. The summed E-state index contributed by atoms with van der Waals surface area (Å²) in [7, 11) is 0. The molecule has 0 amide bonds. The minimum absolute atomic E-state index is 0.535. The van der Waals surface area contributed by atoms with Crippen molar-refractivity contribution in [3.63, 3.8) is 0 Å². The van der Waals surface area contributed by atoms with Crippen LogP contribution in [-0.2, 0) is 4.74 Å². The van der Waals surface area contributed by atoms with Crippen LogP contribution in [-0.4, -0.2) is 23.3 Å². The molecule has 0 aliphatic carbocycles.